The second-order valence-corrected chi connectivity index (χ2v) is 7.98. The molecule has 3 heterocycles. The lowest BCUT2D eigenvalue weighted by Gasteiger charge is -2.42. The molecule has 27 heavy (non-hydrogen) atoms. The van der Waals surface area contributed by atoms with Crippen molar-refractivity contribution in [3.05, 3.63) is 18.0 Å². The smallest absolute Gasteiger partial charge is 0.317 e. The van der Waals surface area contributed by atoms with E-state index in [2.05, 4.69) is 28.4 Å². The summed E-state index contributed by atoms with van der Waals surface area (Å²) in [6, 6.07) is 0.331. The number of nitrogens with one attached hydrogen (secondary N) is 1. The van der Waals surface area contributed by atoms with Gasteiger partial charge in [0, 0.05) is 51.6 Å². The van der Waals surface area contributed by atoms with Crippen LogP contribution in [0, 0.1) is 5.92 Å². The molecular formula is C20H35N5O2. The van der Waals surface area contributed by atoms with Gasteiger partial charge in [-0.15, -0.1) is 0 Å². The second-order valence-electron chi connectivity index (χ2n) is 7.98. The summed E-state index contributed by atoms with van der Waals surface area (Å²) in [7, 11) is 3.87. The van der Waals surface area contributed by atoms with E-state index in [-0.39, 0.29) is 12.1 Å². The van der Waals surface area contributed by atoms with Gasteiger partial charge in [-0.25, -0.2) is 4.79 Å². The predicted octanol–water partition coefficient (Wildman–Crippen LogP) is 2.40. The van der Waals surface area contributed by atoms with Crippen molar-refractivity contribution in [2.75, 3.05) is 39.8 Å². The fraction of sp³-hybridized carbons (Fsp3) is 0.800. The van der Waals surface area contributed by atoms with Crippen LogP contribution in [0.4, 0.5) is 4.79 Å². The normalized spacial score (nSPS) is 26.7. The molecule has 2 aliphatic heterocycles. The number of hydrogen-bond acceptors (Lipinski definition) is 4. The topological polar surface area (TPSA) is 62.6 Å². The molecule has 0 unspecified atom stereocenters. The quantitative estimate of drug-likeness (QED) is 0.827. The Balaban J connectivity index is 1.58. The Morgan fingerprint density at radius 2 is 2.22 bits per heavy atom. The number of ether oxygens (including phenoxy) is 1. The first-order valence-electron chi connectivity index (χ1n) is 10.4. The van der Waals surface area contributed by atoms with Crippen molar-refractivity contribution in [2.45, 2.75) is 51.2 Å². The number of nitrogens with zero attached hydrogens (tertiary/aromatic N) is 4. The predicted molar refractivity (Wildman–Crippen MR) is 106 cm³/mol. The third kappa shape index (κ3) is 5.23. The molecule has 3 atom stereocenters. The van der Waals surface area contributed by atoms with Gasteiger partial charge in [0.25, 0.3) is 0 Å². The molecule has 0 bridgehead atoms. The zero-order valence-electron chi connectivity index (χ0n) is 17.1. The van der Waals surface area contributed by atoms with Crippen LogP contribution in [0.1, 0.15) is 50.6 Å². The largest absolute Gasteiger partial charge is 0.376 e. The first kappa shape index (κ1) is 20.1. The minimum Gasteiger partial charge on any atom is -0.376 e. The second kappa shape index (κ2) is 9.55. The SMILES string of the molecule is CCN1CCC[C@@H](CN(C)C(=O)NC[C@H]2CCCCO2)[C@@H]1c1cnn(C)c1. The van der Waals surface area contributed by atoms with E-state index in [0.29, 0.717) is 18.5 Å². The van der Waals surface area contributed by atoms with E-state index in [0.717, 1.165) is 45.5 Å². The molecular weight excluding hydrogens is 342 g/mol. The molecule has 152 valence electrons. The summed E-state index contributed by atoms with van der Waals surface area (Å²) in [6.45, 7) is 6.53. The minimum atomic E-state index is 0.00253. The fourth-order valence-corrected chi connectivity index (χ4v) is 4.51. The maximum atomic E-state index is 12.6. The monoisotopic (exact) mass is 377 g/mol. The summed E-state index contributed by atoms with van der Waals surface area (Å²) in [6.07, 6.45) is 9.96. The highest BCUT2D eigenvalue weighted by molar-refractivity contribution is 5.73. The molecule has 1 N–H and O–H groups in total. The zero-order valence-corrected chi connectivity index (χ0v) is 17.1. The van der Waals surface area contributed by atoms with E-state index in [9.17, 15) is 4.79 Å². The van der Waals surface area contributed by atoms with Crippen molar-refractivity contribution in [3.8, 4) is 0 Å². The van der Waals surface area contributed by atoms with E-state index in [1.54, 1.807) is 0 Å². The van der Waals surface area contributed by atoms with Crippen molar-refractivity contribution in [3.63, 3.8) is 0 Å². The number of amides is 2. The number of urea groups is 1. The molecule has 7 nitrogen and oxygen atoms in total. The van der Waals surface area contributed by atoms with Crippen LogP contribution < -0.4 is 5.32 Å². The van der Waals surface area contributed by atoms with E-state index in [4.69, 9.17) is 4.74 Å². The number of hydrogen-bond donors (Lipinski definition) is 1. The Morgan fingerprint density at radius 1 is 1.37 bits per heavy atom. The lowest BCUT2D eigenvalue weighted by Crippen LogP contribution is -2.47. The fourth-order valence-electron chi connectivity index (χ4n) is 4.51. The number of carbonyl (C=O) groups is 1. The third-order valence-electron chi connectivity index (χ3n) is 5.94. The summed E-state index contributed by atoms with van der Waals surface area (Å²) < 4.78 is 7.59. The van der Waals surface area contributed by atoms with Crippen molar-refractivity contribution < 1.29 is 9.53 Å². The van der Waals surface area contributed by atoms with E-state index < -0.39 is 0 Å². The summed E-state index contributed by atoms with van der Waals surface area (Å²) in [4.78, 5) is 17.0. The van der Waals surface area contributed by atoms with Gasteiger partial charge in [-0.3, -0.25) is 9.58 Å². The summed E-state index contributed by atoms with van der Waals surface area (Å²) in [5.41, 5.74) is 1.26. The number of aryl methyl sites for hydroxylation is 1. The van der Waals surface area contributed by atoms with Gasteiger partial charge >= 0.3 is 6.03 Å². The highest BCUT2D eigenvalue weighted by atomic mass is 16.5. The molecule has 1 aromatic heterocycles. The highest BCUT2D eigenvalue weighted by Gasteiger charge is 2.34. The Labute approximate surface area is 163 Å². The molecule has 0 spiro atoms. The molecule has 0 aliphatic carbocycles. The molecule has 1 aromatic rings. The van der Waals surface area contributed by atoms with Gasteiger partial charge in [-0.05, 0) is 51.1 Å². The average molecular weight is 378 g/mol. The highest BCUT2D eigenvalue weighted by Crippen LogP contribution is 2.36. The summed E-state index contributed by atoms with van der Waals surface area (Å²) >= 11 is 0. The van der Waals surface area contributed by atoms with Gasteiger partial charge < -0.3 is 15.0 Å². The minimum absolute atomic E-state index is 0.00253. The first-order valence-corrected chi connectivity index (χ1v) is 10.4. The zero-order chi connectivity index (χ0) is 19.2. The molecule has 0 radical (unpaired) electrons. The van der Waals surface area contributed by atoms with Gasteiger partial charge in [0.15, 0.2) is 0 Å². The molecule has 2 aliphatic rings. The van der Waals surface area contributed by atoms with Crippen molar-refractivity contribution in [1.29, 1.82) is 0 Å². The van der Waals surface area contributed by atoms with Gasteiger partial charge in [-0.1, -0.05) is 6.92 Å². The van der Waals surface area contributed by atoms with E-state index in [1.165, 1.54) is 18.4 Å². The molecule has 2 fully saturated rings. The molecule has 0 aromatic carbocycles. The first-order chi connectivity index (χ1) is 13.1. The summed E-state index contributed by atoms with van der Waals surface area (Å²) in [5.74, 6) is 0.421. The van der Waals surface area contributed by atoms with Crippen LogP contribution in [0.2, 0.25) is 0 Å². The lowest BCUT2D eigenvalue weighted by atomic mass is 9.85. The van der Waals surface area contributed by atoms with Crippen LogP contribution in [0.5, 0.6) is 0 Å². The Hall–Kier alpha value is -1.60. The lowest BCUT2D eigenvalue weighted by molar-refractivity contribution is 0.0175. The van der Waals surface area contributed by atoms with Crippen LogP contribution >= 0.6 is 0 Å². The van der Waals surface area contributed by atoms with Gasteiger partial charge in [0.2, 0.25) is 0 Å². The van der Waals surface area contributed by atoms with E-state index in [1.807, 2.05) is 29.9 Å². The van der Waals surface area contributed by atoms with Crippen LogP contribution in [-0.2, 0) is 11.8 Å². The van der Waals surface area contributed by atoms with Crippen molar-refractivity contribution >= 4 is 6.03 Å². The van der Waals surface area contributed by atoms with E-state index >= 15 is 0 Å². The summed E-state index contributed by atoms with van der Waals surface area (Å²) in [5, 5.41) is 7.43. The van der Waals surface area contributed by atoms with Crippen molar-refractivity contribution in [2.24, 2.45) is 13.0 Å². The maximum absolute atomic E-state index is 12.6. The third-order valence-corrected chi connectivity index (χ3v) is 5.94. The Kier molecular flexibility index (Phi) is 7.13. The molecule has 2 saturated heterocycles. The average Bonchev–Trinajstić information content (AvgIpc) is 3.12. The van der Waals surface area contributed by atoms with Crippen LogP contribution in [0.25, 0.3) is 0 Å². The number of carbonyl (C=O) groups excluding carboxylic acids is 1. The number of likely N-dealkylation sites (tertiary alicyclic amines) is 1. The molecule has 2 amide bonds. The van der Waals surface area contributed by atoms with Crippen LogP contribution in [0.3, 0.4) is 0 Å². The molecule has 3 rings (SSSR count). The van der Waals surface area contributed by atoms with Crippen LogP contribution in [-0.4, -0.2) is 71.5 Å². The van der Waals surface area contributed by atoms with Gasteiger partial charge in [0.1, 0.15) is 0 Å². The Morgan fingerprint density at radius 3 is 2.89 bits per heavy atom. The number of rotatable bonds is 6. The molecule has 7 heteroatoms. The number of aromatic nitrogens is 2. The standard InChI is InChI=1S/C20H35N5O2/c1-4-25-10-7-8-16(19(25)17-12-22-24(3)15-17)14-23(2)20(26)21-13-18-9-5-6-11-27-18/h12,15-16,18-19H,4-11,13-14H2,1-3H3,(H,21,26)/t16-,18+,19+/m0/s1. The molecule has 0 saturated carbocycles. The van der Waals surface area contributed by atoms with Gasteiger partial charge in [0.05, 0.1) is 12.3 Å². The van der Waals surface area contributed by atoms with Crippen LogP contribution in [0.15, 0.2) is 12.4 Å². The van der Waals surface area contributed by atoms with Crippen molar-refractivity contribution in [1.82, 2.24) is 24.9 Å². The van der Waals surface area contributed by atoms with Gasteiger partial charge in [-0.2, -0.15) is 5.10 Å². The maximum Gasteiger partial charge on any atom is 0.317 e. The Bertz CT molecular complexity index is 599. The number of piperidine rings is 1.